The van der Waals surface area contributed by atoms with E-state index < -0.39 is 0 Å². The van der Waals surface area contributed by atoms with Gasteiger partial charge in [-0.3, -0.25) is 0 Å². The van der Waals surface area contributed by atoms with Gasteiger partial charge in [0.15, 0.2) is 0 Å². The number of benzene rings is 9. The van der Waals surface area contributed by atoms with Crippen molar-refractivity contribution < 1.29 is 0 Å². The minimum atomic E-state index is 1.12. The summed E-state index contributed by atoms with van der Waals surface area (Å²) >= 11 is 3.76. The monoisotopic (exact) mass is 761 g/mol. The Bertz CT molecular complexity index is 3220. The molecule has 0 saturated carbocycles. The zero-order valence-corrected chi connectivity index (χ0v) is 32.6. The molecule has 2 aromatic heterocycles. The molecule has 0 radical (unpaired) electrons. The Balaban J connectivity index is 1.16. The van der Waals surface area contributed by atoms with Gasteiger partial charge in [0.05, 0.1) is 11.4 Å². The molecule has 3 heteroatoms. The van der Waals surface area contributed by atoms with Crippen molar-refractivity contribution in [3.05, 3.63) is 212 Å². The van der Waals surface area contributed by atoms with Crippen molar-refractivity contribution in [2.24, 2.45) is 0 Å². The normalized spacial score (nSPS) is 11.5. The average Bonchev–Trinajstić information content (AvgIpc) is 3.87. The van der Waals surface area contributed by atoms with E-state index in [-0.39, 0.29) is 0 Å². The standard InChI is InChI=1S/C54H35NS2/c1-4-14-36(15-5-1)38-26-28-39(29-27-38)41-20-12-21-43(34-41)55(47-23-13-25-50-52(47)46-31-30-42(35-51(46)56-50)37-16-6-2-7-17-37)48-33-32-44(40-18-8-3-9-19-40)54-53(48)45-22-10-11-24-49(45)57-54/h1-35H. The fourth-order valence-electron chi connectivity index (χ4n) is 8.36. The lowest BCUT2D eigenvalue weighted by Crippen LogP contribution is -2.11. The fourth-order valence-corrected chi connectivity index (χ4v) is 10.8. The first-order valence-corrected chi connectivity index (χ1v) is 21.0. The van der Waals surface area contributed by atoms with Crippen molar-refractivity contribution in [1.29, 1.82) is 0 Å². The summed E-state index contributed by atoms with van der Waals surface area (Å²) in [5.74, 6) is 0. The zero-order chi connectivity index (χ0) is 37.7. The Kier molecular flexibility index (Phi) is 8.28. The third-order valence-corrected chi connectivity index (χ3v) is 13.4. The van der Waals surface area contributed by atoms with Gasteiger partial charge < -0.3 is 4.90 Å². The lowest BCUT2D eigenvalue weighted by molar-refractivity contribution is 1.32. The van der Waals surface area contributed by atoms with Gasteiger partial charge in [0.1, 0.15) is 0 Å². The van der Waals surface area contributed by atoms with Crippen LogP contribution in [0.2, 0.25) is 0 Å². The molecule has 57 heavy (non-hydrogen) atoms. The van der Waals surface area contributed by atoms with Crippen LogP contribution in [-0.4, -0.2) is 0 Å². The summed E-state index contributed by atoms with van der Waals surface area (Å²) in [4.78, 5) is 2.53. The molecule has 1 nitrogen and oxygen atoms in total. The fraction of sp³-hybridized carbons (Fsp3) is 0. The molecule has 0 aliphatic rings. The second kappa shape index (κ2) is 14.1. The first kappa shape index (κ1) is 33.5. The first-order valence-electron chi connectivity index (χ1n) is 19.3. The topological polar surface area (TPSA) is 3.24 Å². The van der Waals surface area contributed by atoms with Crippen LogP contribution in [0.15, 0.2) is 212 Å². The van der Waals surface area contributed by atoms with Gasteiger partial charge in [-0.1, -0.05) is 170 Å². The minimum Gasteiger partial charge on any atom is -0.309 e. The highest BCUT2D eigenvalue weighted by Crippen LogP contribution is 2.51. The van der Waals surface area contributed by atoms with E-state index in [0.717, 1.165) is 5.69 Å². The van der Waals surface area contributed by atoms with Crippen molar-refractivity contribution >= 4 is 80.1 Å². The summed E-state index contributed by atoms with van der Waals surface area (Å²) in [7, 11) is 0. The highest BCUT2D eigenvalue weighted by molar-refractivity contribution is 7.26. The smallest absolute Gasteiger partial charge is 0.0555 e. The maximum atomic E-state index is 2.53. The third kappa shape index (κ3) is 5.91. The van der Waals surface area contributed by atoms with Crippen LogP contribution in [0.3, 0.4) is 0 Å². The average molecular weight is 762 g/mol. The number of rotatable bonds is 7. The molecule has 268 valence electrons. The Morgan fingerprint density at radius 1 is 0.298 bits per heavy atom. The van der Waals surface area contributed by atoms with Gasteiger partial charge in [-0.05, 0) is 87.0 Å². The van der Waals surface area contributed by atoms with Crippen molar-refractivity contribution in [3.63, 3.8) is 0 Å². The molecular weight excluding hydrogens is 727 g/mol. The zero-order valence-electron chi connectivity index (χ0n) is 31.0. The van der Waals surface area contributed by atoms with E-state index in [1.165, 1.54) is 96.2 Å². The Hall–Kier alpha value is -6.78. The summed E-state index contributed by atoms with van der Waals surface area (Å²) in [6, 6.07) is 77.6. The predicted molar refractivity (Wildman–Crippen MR) is 249 cm³/mol. The van der Waals surface area contributed by atoms with E-state index in [1.807, 2.05) is 22.7 Å². The number of nitrogens with zero attached hydrogens (tertiary/aromatic N) is 1. The van der Waals surface area contributed by atoms with E-state index in [2.05, 4.69) is 217 Å². The van der Waals surface area contributed by atoms with E-state index in [1.54, 1.807) is 0 Å². The van der Waals surface area contributed by atoms with Crippen LogP contribution in [0, 0.1) is 0 Å². The van der Waals surface area contributed by atoms with Crippen LogP contribution in [0.25, 0.3) is 84.9 Å². The molecule has 0 N–H and O–H groups in total. The minimum absolute atomic E-state index is 1.12. The van der Waals surface area contributed by atoms with Gasteiger partial charge >= 0.3 is 0 Å². The second-order valence-corrected chi connectivity index (χ2v) is 16.6. The van der Waals surface area contributed by atoms with Gasteiger partial charge in [0, 0.05) is 46.0 Å². The van der Waals surface area contributed by atoms with Gasteiger partial charge in [-0.25, -0.2) is 0 Å². The number of anilines is 3. The lowest BCUT2D eigenvalue weighted by atomic mass is 9.98. The largest absolute Gasteiger partial charge is 0.309 e. The molecule has 0 spiro atoms. The molecule has 0 saturated heterocycles. The molecule has 9 aromatic carbocycles. The van der Waals surface area contributed by atoms with Gasteiger partial charge in [-0.2, -0.15) is 0 Å². The third-order valence-electron chi connectivity index (χ3n) is 11.1. The molecule has 0 aliphatic heterocycles. The highest BCUT2D eigenvalue weighted by atomic mass is 32.1. The maximum Gasteiger partial charge on any atom is 0.0555 e. The molecule has 0 amide bonds. The number of thiophene rings is 2. The summed E-state index contributed by atoms with van der Waals surface area (Å²) in [5.41, 5.74) is 13.2. The molecule has 0 fully saturated rings. The molecule has 11 rings (SSSR count). The molecular formula is C54H35NS2. The number of hydrogen-bond acceptors (Lipinski definition) is 3. The van der Waals surface area contributed by atoms with Crippen molar-refractivity contribution in [2.45, 2.75) is 0 Å². The van der Waals surface area contributed by atoms with Crippen LogP contribution in [0.1, 0.15) is 0 Å². The quantitative estimate of drug-likeness (QED) is 0.156. The highest BCUT2D eigenvalue weighted by Gasteiger charge is 2.24. The van der Waals surface area contributed by atoms with Crippen LogP contribution < -0.4 is 4.90 Å². The Morgan fingerprint density at radius 3 is 1.58 bits per heavy atom. The van der Waals surface area contributed by atoms with E-state index in [0.29, 0.717) is 0 Å². The van der Waals surface area contributed by atoms with Crippen molar-refractivity contribution in [1.82, 2.24) is 0 Å². The summed E-state index contributed by atoms with van der Waals surface area (Å²) in [6.07, 6.45) is 0. The Labute approximate surface area is 340 Å². The van der Waals surface area contributed by atoms with Crippen LogP contribution >= 0.6 is 22.7 Å². The van der Waals surface area contributed by atoms with Gasteiger partial charge in [0.25, 0.3) is 0 Å². The SMILES string of the molecule is c1ccc(-c2ccc(-c3cccc(N(c4cccc5sc6cc(-c7ccccc7)ccc6c45)c4ccc(-c5ccccc5)c5sc6ccccc6c45)c3)cc2)cc1. The van der Waals surface area contributed by atoms with E-state index in [9.17, 15) is 0 Å². The van der Waals surface area contributed by atoms with Gasteiger partial charge in [-0.15, -0.1) is 22.7 Å². The molecule has 0 bridgehead atoms. The van der Waals surface area contributed by atoms with E-state index in [4.69, 9.17) is 0 Å². The molecule has 11 aromatic rings. The summed E-state index contributed by atoms with van der Waals surface area (Å²) in [5, 5.41) is 5.10. The summed E-state index contributed by atoms with van der Waals surface area (Å²) in [6.45, 7) is 0. The first-order chi connectivity index (χ1) is 28.3. The molecule has 0 unspecified atom stereocenters. The van der Waals surface area contributed by atoms with Crippen LogP contribution in [-0.2, 0) is 0 Å². The number of hydrogen-bond donors (Lipinski definition) is 0. The molecule has 2 heterocycles. The summed E-state index contributed by atoms with van der Waals surface area (Å²) < 4.78 is 5.15. The predicted octanol–water partition coefficient (Wildman–Crippen LogP) is 16.6. The maximum absolute atomic E-state index is 2.53. The van der Waals surface area contributed by atoms with Crippen molar-refractivity contribution in [2.75, 3.05) is 4.90 Å². The van der Waals surface area contributed by atoms with Crippen molar-refractivity contribution in [3.8, 4) is 44.5 Å². The van der Waals surface area contributed by atoms with Gasteiger partial charge in [0.2, 0.25) is 0 Å². The number of fused-ring (bicyclic) bond motifs is 6. The van der Waals surface area contributed by atoms with Crippen LogP contribution in [0.4, 0.5) is 17.1 Å². The second-order valence-electron chi connectivity index (χ2n) is 14.5. The Morgan fingerprint density at radius 2 is 0.825 bits per heavy atom. The lowest BCUT2D eigenvalue weighted by Gasteiger charge is -2.28. The molecule has 0 atom stereocenters. The van der Waals surface area contributed by atoms with Crippen LogP contribution in [0.5, 0.6) is 0 Å². The molecule has 0 aliphatic carbocycles. The van der Waals surface area contributed by atoms with E-state index >= 15 is 0 Å².